The third-order valence-electron chi connectivity index (χ3n) is 4.43. The molecule has 136 valence electrons. The third-order valence-corrected chi connectivity index (χ3v) is 4.62. The largest absolute Gasteiger partial charge is 0.355 e. The number of allylic oxidation sites excluding steroid dienone is 5. The lowest BCUT2D eigenvalue weighted by atomic mass is 10.2. The van der Waals surface area contributed by atoms with Gasteiger partial charge >= 0.3 is 0 Å². The molecule has 0 amide bonds. The second-order valence-electron chi connectivity index (χ2n) is 6.53. The number of thiocarbonyl (C=S) groups is 1. The quantitative estimate of drug-likeness (QED) is 0.404. The minimum Gasteiger partial charge on any atom is -0.355 e. The molecule has 3 aliphatic heterocycles. The Kier molecular flexibility index (Phi) is 4.11. The van der Waals surface area contributed by atoms with E-state index in [-0.39, 0.29) is 4.32 Å². The summed E-state index contributed by atoms with van der Waals surface area (Å²) in [6, 6.07) is 8.17. The molecule has 0 radical (unpaired) electrons. The Balaban J connectivity index is 1.70. The lowest BCUT2D eigenvalue weighted by molar-refractivity contribution is 1.12. The highest BCUT2D eigenvalue weighted by molar-refractivity contribution is 8.11. The van der Waals surface area contributed by atoms with Gasteiger partial charge in [-0.25, -0.2) is 9.98 Å². The van der Waals surface area contributed by atoms with Gasteiger partial charge in [-0.05, 0) is 66.8 Å². The molecular formula is C21H15N5S2. The average Bonchev–Trinajstić information content (AvgIpc) is 3.40. The van der Waals surface area contributed by atoms with Crippen molar-refractivity contribution in [3.63, 3.8) is 0 Å². The highest BCUT2D eigenvalue weighted by Crippen LogP contribution is 2.18. The summed E-state index contributed by atoms with van der Waals surface area (Å²) < 4.78 is 0.287. The molecular weight excluding hydrogens is 386 g/mol. The van der Waals surface area contributed by atoms with E-state index in [4.69, 9.17) is 12.2 Å². The predicted molar refractivity (Wildman–Crippen MR) is 122 cm³/mol. The van der Waals surface area contributed by atoms with Crippen molar-refractivity contribution in [3.8, 4) is 0 Å². The highest BCUT2D eigenvalue weighted by atomic mass is 32.1. The third kappa shape index (κ3) is 3.49. The topological polar surface area (TPSA) is 68.3 Å². The average molecular weight is 402 g/mol. The van der Waals surface area contributed by atoms with Crippen LogP contribution in [0, 0.1) is 0 Å². The van der Waals surface area contributed by atoms with E-state index in [1.807, 2.05) is 54.7 Å². The first-order valence-corrected chi connectivity index (χ1v) is 9.55. The number of H-pyrrole nitrogens is 2. The van der Waals surface area contributed by atoms with Gasteiger partial charge in [0.2, 0.25) is 0 Å². The van der Waals surface area contributed by atoms with Crippen LogP contribution in [-0.2, 0) is 0 Å². The molecule has 0 aliphatic carbocycles. The van der Waals surface area contributed by atoms with Crippen molar-refractivity contribution in [2.45, 2.75) is 0 Å². The maximum atomic E-state index is 5.05. The molecule has 8 bridgehead atoms. The van der Waals surface area contributed by atoms with E-state index in [1.54, 1.807) is 0 Å². The summed E-state index contributed by atoms with van der Waals surface area (Å²) in [5.74, 6) is 0. The Labute approximate surface area is 171 Å². The summed E-state index contributed by atoms with van der Waals surface area (Å²) in [6.07, 6.45) is 14.0. The number of rotatable bonds is 0. The number of hydrogen-bond donors (Lipinski definition) is 4. The van der Waals surface area contributed by atoms with E-state index in [2.05, 4.69) is 50.0 Å². The van der Waals surface area contributed by atoms with Gasteiger partial charge in [-0.2, -0.15) is 0 Å². The molecule has 5 rings (SSSR count). The van der Waals surface area contributed by atoms with Gasteiger partial charge in [-0.1, -0.05) is 12.2 Å². The lowest BCUT2D eigenvalue weighted by Gasteiger charge is -2.02. The van der Waals surface area contributed by atoms with Crippen LogP contribution in [-0.4, -0.2) is 25.7 Å². The molecule has 0 saturated carbocycles. The molecule has 7 heteroatoms. The second-order valence-corrected chi connectivity index (χ2v) is 7.64. The number of aromatic nitrogens is 2. The van der Waals surface area contributed by atoms with E-state index in [0.717, 1.165) is 50.6 Å². The molecule has 0 spiro atoms. The van der Waals surface area contributed by atoms with Gasteiger partial charge in [0.25, 0.3) is 0 Å². The predicted octanol–water partition coefficient (Wildman–Crippen LogP) is 2.34. The van der Waals surface area contributed by atoms with Gasteiger partial charge < -0.3 is 15.3 Å². The maximum Gasteiger partial charge on any atom is 0.157 e. The molecule has 0 atom stereocenters. The summed E-state index contributed by atoms with van der Waals surface area (Å²) >= 11 is 9.19. The van der Waals surface area contributed by atoms with Crippen molar-refractivity contribution in [2.24, 2.45) is 9.98 Å². The fraction of sp³-hybridized carbons (Fsp3) is 0. The van der Waals surface area contributed by atoms with Crippen LogP contribution in [0.2, 0.25) is 0 Å². The van der Waals surface area contributed by atoms with Crippen molar-refractivity contribution in [2.75, 3.05) is 0 Å². The van der Waals surface area contributed by atoms with Crippen molar-refractivity contribution in [1.82, 2.24) is 15.3 Å². The minimum atomic E-state index is 0.287. The second kappa shape index (κ2) is 6.78. The van der Waals surface area contributed by atoms with Crippen LogP contribution in [0.5, 0.6) is 0 Å². The molecule has 0 saturated heterocycles. The van der Waals surface area contributed by atoms with E-state index >= 15 is 0 Å². The summed E-state index contributed by atoms with van der Waals surface area (Å²) in [6.45, 7) is 0. The van der Waals surface area contributed by atoms with Gasteiger partial charge in [0, 0.05) is 27.8 Å². The highest BCUT2D eigenvalue weighted by Gasteiger charge is 2.16. The number of fused-ring (bicyclic) bond motifs is 7. The van der Waals surface area contributed by atoms with E-state index in [9.17, 15) is 0 Å². The van der Waals surface area contributed by atoms with Gasteiger partial charge in [-0.15, -0.1) is 12.6 Å². The Bertz CT molecular complexity index is 1310. The van der Waals surface area contributed by atoms with Crippen LogP contribution in [0.25, 0.3) is 18.2 Å². The Morgan fingerprint density at radius 1 is 0.893 bits per heavy atom. The maximum absolute atomic E-state index is 5.05. The number of aliphatic imine (C=N–C) groups is 2. The first kappa shape index (κ1) is 17.0. The molecule has 0 aromatic carbocycles. The summed E-state index contributed by atoms with van der Waals surface area (Å²) in [5.41, 5.74) is 6.23. The molecule has 2 aromatic heterocycles. The minimum absolute atomic E-state index is 0.287. The number of thiol groups is 1. The van der Waals surface area contributed by atoms with Crippen molar-refractivity contribution >= 4 is 58.8 Å². The monoisotopic (exact) mass is 401 g/mol. The van der Waals surface area contributed by atoms with Gasteiger partial charge in [0.05, 0.1) is 22.8 Å². The lowest BCUT2D eigenvalue weighted by Crippen LogP contribution is -2.14. The first-order chi connectivity index (χ1) is 13.6. The van der Waals surface area contributed by atoms with Crippen molar-refractivity contribution < 1.29 is 0 Å². The molecule has 3 aliphatic rings. The fourth-order valence-corrected chi connectivity index (χ4v) is 3.46. The number of aromatic amines is 2. The van der Waals surface area contributed by atoms with Crippen LogP contribution in [0.3, 0.4) is 0 Å². The molecule has 2 aromatic rings. The normalized spacial score (nSPS) is 18.5. The first-order valence-electron chi connectivity index (χ1n) is 8.69. The standard InChI is InChI=1S/C21H15N5S2/c27-21(28)26-20-11-18-9-16-4-3-14(23-16)7-12-1-2-13(22-12)8-15-5-6-17(24-15)10-19(20)25-18/h1-11,22-23,25H,(H,27,28)/b14-7?,15-8?,16-9?,19-10?,26-20+. The van der Waals surface area contributed by atoms with Crippen molar-refractivity contribution in [1.29, 1.82) is 0 Å². The summed E-state index contributed by atoms with van der Waals surface area (Å²) in [7, 11) is 0. The smallest absolute Gasteiger partial charge is 0.157 e. The van der Waals surface area contributed by atoms with Gasteiger partial charge in [0.15, 0.2) is 4.32 Å². The number of hydrogen-bond acceptors (Lipinski definition) is 3. The Hall–Kier alpha value is -3.16. The van der Waals surface area contributed by atoms with Crippen molar-refractivity contribution in [3.05, 3.63) is 87.7 Å². The van der Waals surface area contributed by atoms with Crippen LogP contribution >= 0.6 is 24.8 Å². The molecule has 0 unspecified atom stereocenters. The van der Waals surface area contributed by atoms with Crippen LogP contribution in [0.15, 0.2) is 75.6 Å². The molecule has 28 heavy (non-hydrogen) atoms. The molecule has 0 fully saturated rings. The molecule has 5 nitrogen and oxygen atoms in total. The van der Waals surface area contributed by atoms with Crippen LogP contribution in [0.4, 0.5) is 0 Å². The van der Waals surface area contributed by atoms with E-state index in [1.165, 1.54) is 0 Å². The fourth-order valence-electron chi connectivity index (χ4n) is 3.26. The van der Waals surface area contributed by atoms with Gasteiger partial charge in [0.1, 0.15) is 0 Å². The molecule has 3 N–H and O–H groups in total. The van der Waals surface area contributed by atoms with Crippen LogP contribution < -0.4 is 16.0 Å². The van der Waals surface area contributed by atoms with Gasteiger partial charge in [-0.3, -0.25) is 0 Å². The number of nitrogens with one attached hydrogen (secondary N) is 3. The zero-order valence-corrected chi connectivity index (χ0v) is 16.3. The zero-order chi connectivity index (χ0) is 19.1. The van der Waals surface area contributed by atoms with Crippen LogP contribution in [0.1, 0.15) is 11.4 Å². The molecule has 5 heterocycles. The van der Waals surface area contributed by atoms with E-state index in [0.29, 0.717) is 0 Å². The van der Waals surface area contributed by atoms with E-state index < -0.39 is 0 Å². The summed E-state index contributed by atoms with van der Waals surface area (Å²) in [4.78, 5) is 15.8. The zero-order valence-electron chi connectivity index (χ0n) is 14.6. The number of nitrogens with zero attached hydrogens (tertiary/aromatic N) is 2. The Morgan fingerprint density at radius 2 is 1.68 bits per heavy atom. The Morgan fingerprint density at radius 3 is 2.50 bits per heavy atom. The summed E-state index contributed by atoms with van der Waals surface area (Å²) in [5, 5.41) is 5.38. The SMILES string of the molecule is S=C(S)/N=C1\C=C2C=c3ccc([nH]3)=Cc3ccc([nH]3)C=C3C=CC(=N3)C=C1N2.